The first-order valence-electron chi connectivity index (χ1n) is 13.3. The van der Waals surface area contributed by atoms with E-state index in [4.69, 9.17) is 37.8 Å². The maximum absolute atomic E-state index is 15.0. The standard InChI is InChI=1S/C28H33Cl2FN2O2.CH2O2/c1-18(21-12-22(29)14-23(30)13-21)32-10-6-19(7-11-32)17-35-27-16-26(31)25(15-24(27)20-4-5-20)28(34)33-8-2-3-9-33;2-1-3/h12-16,18-20H,2-11,17H2,1H3;1H,(H,2,3). The molecule has 1 unspecified atom stereocenters. The number of carboxylic acid groups (broad SMARTS) is 1. The smallest absolute Gasteiger partial charge is 0.290 e. The van der Waals surface area contributed by atoms with Gasteiger partial charge in [0.15, 0.2) is 0 Å². The summed E-state index contributed by atoms with van der Waals surface area (Å²) in [5.41, 5.74) is 2.33. The minimum atomic E-state index is -0.467. The van der Waals surface area contributed by atoms with Gasteiger partial charge in [-0.15, -0.1) is 0 Å². The zero-order valence-corrected chi connectivity index (χ0v) is 23.2. The molecule has 0 bridgehead atoms. The van der Waals surface area contributed by atoms with E-state index in [2.05, 4.69) is 11.8 Å². The molecule has 6 nitrogen and oxygen atoms in total. The molecule has 1 amide bonds. The number of carbonyl (C=O) groups is 2. The zero-order valence-electron chi connectivity index (χ0n) is 21.7. The number of amides is 1. The predicted octanol–water partition coefficient (Wildman–Crippen LogP) is 6.80. The molecule has 0 aromatic heterocycles. The highest BCUT2D eigenvalue weighted by Gasteiger charge is 2.32. The number of rotatable bonds is 7. The Morgan fingerprint density at radius 1 is 1.05 bits per heavy atom. The van der Waals surface area contributed by atoms with E-state index in [1.54, 1.807) is 17.0 Å². The van der Waals surface area contributed by atoms with E-state index in [9.17, 15) is 9.18 Å². The Labute approximate surface area is 233 Å². The first-order chi connectivity index (χ1) is 18.3. The van der Waals surface area contributed by atoms with Crippen LogP contribution in [0.3, 0.4) is 0 Å². The fraction of sp³-hybridized carbons (Fsp3) is 0.517. The number of hydrogen-bond acceptors (Lipinski definition) is 4. The highest BCUT2D eigenvalue weighted by atomic mass is 35.5. The summed E-state index contributed by atoms with van der Waals surface area (Å²) in [6, 6.07) is 9.19. The Balaban J connectivity index is 0.00000107. The summed E-state index contributed by atoms with van der Waals surface area (Å²) in [5.74, 6) is 0.763. The lowest BCUT2D eigenvalue weighted by Crippen LogP contribution is -2.37. The van der Waals surface area contributed by atoms with Crippen molar-refractivity contribution in [3.8, 4) is 5.75 Å². The zero-order chi connectivity index (χ0) is 27.2. The molecule has 1 atom stereocenters. The second-order valence-electron chi connectivity index (χ2n) is 10.4. The van der Waals surface area contributed by atoms with Gasteiger partial charge in [-0.2, -0.15) is 0 Å². The van der Waals surface area contributed by atoms with Gasteiger partial charge in [-0.05, 0) is 106 Å². The molecule has 2 saturated heterocycles. The largest absolute Gasteiger partial charge is 0.493 e. The van der Waals surface area contributed by atoms with E-state index in [1.165, 1.54) is 6.07 Å². The second-order valence-corrected chi connectivity index (χ2v) is 11.3. The van der Waals surface area contributed by atoms with Crippen LogP contribution in [0.25, 0.3) is 0 Å². The summed E-state index contributed by atoms with van der Waals surface area (Å²) in [7, 11) is 0. The van der Waals surface area contributed by atoms with Crippen LogP contribution in [0.4, 0.5) is 4.39 Å². The maximum atomic E-state index is 15.0. The predicted molar refractivity (Wildman–Crippen MR) is 147 cm³/mol. The van der Waals surface area contributed by atoms with Crippen LogP contribution in [0.15, 0.2) is 30.3 Å². The Bertz CT molecular complexity index is 1110. The minimum Gasteiger partial charge on any atom is -0.493 e. The van der Waals surface area contributed by atoms with Crippen molar-refractivity contribution in [2.24, 2.45) is 5.92 Å². The van der Waals surface area contributed by atoms with Gasteiger partial charge in [0.25, 0.3) is 12.4 Å². The lowest BCUT2D eigenvalue weighted by molar-refractivity contribution is -0.122. The fourth-order valence-electron chi connectivity index (χ4n) is 5.41. The van der Waals surface area contributed by atoms with Crippen LogP contribution in [0.2, 0.25) is 10.0 Å². The Morgan fingerprint density at radius 3 is 2.24 bits per heavy atom. The van der Waals surface area contributed by atoms with Crippen molar-refractivity contribution in [1.82, 2.24) is 9.80 Å². The van der Waals surface area contributed by atoms with Crippen LogP contribution in [0.1, 0.15) is 78.9 Å². The molecule has 1 N–H and O–H groups in total. The normalized spacial score (nSPS) is 19.0. The van der Waals surface area contributed by atoms with Crippen LogP contribution in [-0.2, 0) is 4.79 Å². The van der Waals surface area contributed by atoms with Crippen LogP contribution in [0.5, 0.6) is 5.75 Å². The molecule has 5 rings (SSSR count). The molecular formula is C29H35Cl2FN2O4. The van der Waals surface area contributed by atoms with Crippen LogP contribution < -0.4 is 4.74 Å². The Hall–Kier alpha value is -2.35. The van der Waals surface area contributed by atoms with Crippen molar-refractivity contribution in [3.63, 3.8) is 0 Å². The molecule has 2 aliphatic heterocycles. The van der Waals surface area contributed by atoms with Crippen LogP contribution in [-0.4, -0.2) is 60.1 Å². The average molecular weight is 566 g/mol. The topological polar surface area (TPSA) is 70.1 Å². The SMILES string of the molecule is CC(c1cc(Cl)cc(Cl)c1)N1CCC(COc2cc(F)c(C(=O)N3CCCC3)cc2C2CC2)CC1.O=CO. The third kappa shape index (κ3) is 7.19. The number of halogens is 3. The fourth-order valence-corrected chi connectivity index (χ4v) is 5.95. The summed E-state index contributed by atoms with van der Waals surface area (Å²) >= 11 is 12.4. The Morgan fingerprint density at radius 2 is 1.66 bits per heavy atom. The third-order valence-corrected chi connectivity index (χ3v) is 8.22. The first kappa shape index (κ1) is 28.7. The van der Waals surface area contributed by atoms with Gasteiger partial charge in [0.2, 0.25) is 0 Å². The van der Waals surface area contributed by atoms with Gasteiger partial charge in [0.05, 0.1) is 12.2 Å². The molecule has 2 aromatic carbocycles. The molecule has 3 aliphatic rings. The van der Waals surface area contributed by atoms with E-state index in [1.807, 2.05) is 12.1 Å². The number of carbonyl (C=O) groups excluding carboxylic acids is 1. The molecule has 3 fully saturated rings. The minimum absolute atomic E-state index is 0.184. The highest BCUT2D eigenvalue weighted by Crippen LogP contribution is 2.45. The molecular weight excluding hydrogens is 530 g/mol. The maximum Gasteiger partial charge on any atom is 0.290 e. The molecule has 0 radical (unpaired) electrons. The molecule has 2 aromatic rings. The average Bonchev–Trinajstić information content (AvgIpc) is 3.59. The summed E-state index contributed by atoms with van der Waals surface area (Å²) in [4.78, 5) is 25.4. The molecule has 9 heteroatoms. The number of likely N-dealkylation sites (tertiary alicyclic amines) is 2. The van der Waals surface area contributed by atoms with Crippen molar-refractivity contribution < 1.29 is 23.8 Å². The van der Waals surface area contributed by atoms with Crippen LogP contribution >= 0.6 is 23.2 Å². The van der Waals surface area contributed by atoms with E-state index >= 15 is 0 Å². The third-order valence-electron chi connectivity index (χ3n) is 7.78. The summed E-state index contributed by atoms with van der Waals surface area (Å²) in [6.07, 6.45) is 6.17. The summed E-state index contributed by atoms with van der Waals surface area (Å²) in [5, 5.41) is 8.21. The van der Waals surface area contributed by atoms with Gasteiger partial charge >= 0.3 is 0 Å². The number of piperidine rings is 1. The quantitative estimate of drug-likeness (QED) is 0.374. The first-order valence-corrected chi connectivity index (χ1v) is 14.1. The van der Waals surface area contributed by atoms with Crippen molar-refractivity contribution in [2.45, 2.75) is 57.4 Å². The van der Waals surface area contributed by atoms with E-state index in [-0.39, 0.29) is 24.0 Å². The van der Waals surface area contributed by atoms with Crippen molar-refractivity contribution >= 4 is 35.6 Å². The van der Waals surface area contributed by atoms with Gasteiger partial charge in [0, 0.05) is 35.2 Å². The number of ether oxygens (including phenoxy) is 1. The lowest BCUT2D eigenvalue weighted by Gasteiger charge is -2.36. The molecule has 38 heavy (non-hydrogen) atoms. The lowest BCUT2D eigenvalue weighted by atomic mass is 9.95. The van der Waals surface area contributed by atoms with Crippen LogP contribution in [0, 0.1) is 11.7 Å². The Kier molecular flexibility index (Phi) is 9.91. The molecule has 0 spiro atoms. The summed E-state index contributed by atoms with van der Waals surface area (Å²) < 4.78 is 21.2. The van der Waals surface area contributed by atoms with E-state index in [0.29, 0.717) is 34.2 Å². The van der Waals surface area contributed by atoms with Gasteiger partial charge in [-0.3, -0.25) is 14.5 Å². The molecule has 206 valence electrons. The van der Waals surface area contributed by atoms with E-state index in [0.717, 1.165) is 75.8 Å². The summed E-state index contributed by atoms with van der Waals surface area (Å²) in [6.45, 7) is 5.88. The number of nitrogens with zero attached hydrogens (tertiary/aromatic N) is 2. The van der Waals surface area contributed by atoms with Gasteiger partial charge in [0.1, 0.15) is 11.6 Å². The molecule has 1 aliphatic carbocycles. The molecule has 2 heterocycles. The van der Waals surface area contributed by atoms with Crippen molar-refractivity contribution in [3.05, 3.63) is 62.9 Å². The van der Waals surface area contributed by atoms with E-state index < -0.39 is 5.82 Å². The highest BCUT2D eigenvalue weighted by molar-refractivity contribution is 6.34. The number of benzene rings is 2. The second kappa shape index (κ2) is 13.1. The van der Waals surface area contributed by atoms with Gasteiger partial charge in [-0.1, -0.05) is 23.2 Å². The van der Waals surface area contributed by atoms with Crippen molar-refractivity contribution in [2.75, 3.05) is 32.8 Å². The van der Waals surface area contributed by atoms with Crippen molar-refractivity contribution in [1.29, 1.82) is 0 Å². The molecule has 1 saturated carbocycles. The monoisotopic (exact) mass is 564 g/mol. The van der Waals surface area contributed by atoms with Gasteiger partial charge in [-0.25, -0.2) is 4.39 Å². The van der Waals surface area contributed by atoms with Gasteiger partial charge < -0.3 is 14.7 Å². The number of hydrogen-bond donors (Lipinski definition) is 1.